The molecule has 0 saturated carbocycles. The highest BCUT2D eigenvalue weighted by atomic mass is 16.5. The van der Waals surface area contributed by atoms with Gasteiger partial charge in [-0.2, -0.15) is 0 Å². The molecule has 25 heavy (non-hydrogen) atoms. The van der Waals surface area contributed by atoms with Crippen LogP contribution in [0.4, 0.5) is 0 Å². The number of imidazole rings is 1. The number of hydrogen-bond acceptors (Lipinski definition) is 3. The summed E-state index contributed by atoms with van der Waals surface area (Å²) in [7, 11) is 3.33. The lowest BCUT2D eigenvalue weighted by Gasteiger charge is -2.20. The van der Waals surface area contributed by atoms with E-state index in [0.717, 1.165) is 35.8 Å². The van der Waals surface area contributed by atoms with Crippen LogP contribution >= 0.6 is 0 Å². The van der Waals surface area contributed by atoms with Crippen molar-refractivity contribution in [3.8, 4) is 11.5 Å². The van der Waals surface area contributed by atoms with Gasteiger partial charge in [-0.15, -0.1) is 0 Å². The van der Waals surface area contributed by atoms with Crippen LogP contribution in [0.1, 0.15) is 32.2 Å². The van der Waals surface area contributed by atoms with E-state index in [4.69, 9.17) is 14.5 Å². The third-order valence-corrected chi connectivity index (χ3v) is 4.40. The first kappa shape index (κ1) is 17.3. The zero-order chi connectivity index (χ0) is 18.0. The van der Waals surface area contributed by atoms with Crippen LogP contribution in [0.5, 0.6) is 11.5 Å². The number of aryl methyl sites for hydroxylation is 2. The number of nitrogens with zero attached hydrogens (tertiary/aromatic N) is 2. The minimum Gasteiger partial charge on any atom is -0.493 e. The molecule has 0 aliphatic carbocycles. The highest BCUT2D eigenvalue weighted by molar-refractivity contribution is 5.76. The van der Waals surface area contributed by atoms with Gasteiger partial charge in [0.1, 0.15) is 5.82 Å². The molecule has 3 rings (SSSR count). The van der Waals surface area contributed by atoms with Crippen molar-refractivity contribution in [3.63, 3.8) is 0 Å². The maximum absolute atomic E-state index is 5.42. The minimum absolute atomic E-state index is 0.00336. The summed E-state index contributed by atoms with van der Waals surface area (Å²) in [5.41, 5.74) is 3.46. The van der Waals surface area contributed by atoms with E-state index < -0.39 is 0 Å². The molecule has 132 valence electrons. The van der Waals surface area contributed by atoms with E-state index in [0.29, 0.717) is 0 Å². The number of methoxy groups -OCH3 is 2. The molecule has 0 saturated heterocycles. The fourth-order valence-corrected chi connectivity index (χ4v) is 3.15. The van der Waals surface area contributed by atoms with Gasteiger partial charge in [0.25, 0.3) is 0 Å². The molecule has 0 unspecified atom stereocenters. The first-order chi connectivity index (χ1) is 11.9. The van der Waals surface area contributed by atoms with Crippen molar-refractivity contribution in [2.24, 2.45) is 0 Å². The number of ether oxygens (including phenoxy) is 2. The molecule has 4 heteroatoms. The smallest absolute Gasteiger partial charge is 0.160 e. The number of fused-ring (bicyclic) bond motifs is 1. The Labute approximate surface area is 149 Å². The molecule has 3 aromatic rings. The molecule has 2 aromatic carbocycles. The van der Waals surface area contributed by atoms with Gasteiger partial charge < -0.3 is 14.0 Å². The van der Waals surface area contributed by atoms with Gasteiger partial charge in [0, 0.05) is 12.0 Å². The fourth-order valence-electron chi connectivity index (χ4n) is 3.15. The molecule has 0 atom stereocenters. The Balaban J connectivity index is 1.93. The zero-order valence-electron chi connectivity index (χ0n) is 15.7. The van der Waals surface area contributed by atoms with E-state index in [2.05, 4.69) is 55.7 Å². The van der Waals surface area contributed by atoms with Crippen LogP contribution in [-0.4, -0.2) is 23.8 Å². The van der Waals surface area contributed by atoms with Crippen molar-refractivity contribution in [2.45, 2.75) is 39.2 Å². The van der Waals surface area contributed by atoms with Crippen molar-refractivity contribution in [2.75, 3.05) is 14.2 Å². The Morgan fingerprint density at radius 2 is 1.68 bits per heavy atom. The first-order valence-corrected chi connectivity index (χ1v) is 8.60. The van der Waals surface area contributed by atoms with Gasteiger partial charge >= 0.3 is 0 Å². The van der Waals surface area contributed by atoms with Gasteiger partial charge in [0.2, 0.25) is 0 Å². The second-order valence-electron chi connectivity index (χ2n) is 7.27. The van der Waals surface area contributed by atoms with Gasteiger partial charge in [-0.25, -0.2) is 4.98 Å². The van der Waals surface area contributed by atoms with Crippen LogP contribution in [0.2, 0.25) is 0 Å². The lowest BCUT2D eigenvalue weighted by Crippen LogP contribution is -2.19. The summed E-state index contributed by atoms with van der Waals surface area (Å²) >= 11 is 0. The lowest BCUT2D eigenvalue weighted by molar-refractivity contribution is 0.354. The molecule has 0 fully saturated rings. The molecular weight excluding hydrogens is 312 g/mol. The summed E-state index contributed by atoms with van der Waals surface area (Å²) in [5, 5.41) is 0. The number of para-hydroxylation sites is 2. The SMILES string of the molecule is COc1ccc(CCn2c(C(C)(C)C)nc3ccccc32)cc1OC. The second-order valence-corrected chi connectivity index (χ2v) is 7.27. The summed E-state index contributed by atoms with van der Waals surface area (Å²) < 4.78 is 13.1. The molecule has 0 bridgehead atoms. The Morgan fingerprint density at radius 3 is 2.36 bits per heavy atom. The van der Waals surface area contributed by atoms with Crippen LogP contribution in [0, 0.1) is 0 Å². The van der Waals surface area contributed by atoms with E-state index in [-0.39, 0.29) is 5.41 Å². The number of aromatic nitrogens is 2. The Hall–Kier alpha value is -2.49. The third kappa shape index (κ3) is 3.48. The van der Waals surface area contributed by atoms with Crippen LogP contribution in [0.3, 0.4) is 0 Å². The summed E-state index contributed by atoms with van der Waals surface area (Å²) in [6.07, 6.45) is 0.907. The second kappa shape index (κ2) is 6.79. The van der Waals surface area contributed by atoms with Crippen molar-refractivity contribution in [1.29, 1.82) is 0 Å². The average Bonchev–Trinajstić information content (AvgIpc) is 2.98. The largest absolute Gasteiger partial charge is 0.493 e. The molecule has 1 aromatic heterocycles. The maximum Gasteiger partial charge on any atom is 0.160 e. The molecule has 0 spiro atoms. The molecule has 4 nitrogen and oxygen atoms in total. The van der Waals surface area contributed by atoms with E-state index in [1.54, 1.807) is 14.2 Å². The summed E-state index contributed by atoms with van der Waals surface area (Å²) in [4.78, 5) is 4.88. The van der Waals surface area contributed by atoms with E-state index in [1.807, 2.05) is 12.1 Å². The van der Waals surface area contributed by atoms with Crippen molar-refractivity contribution >= 4 is 11.0 Å². The maximum atomic E-state index is 5.42. The Bertz CT molecular complexity index is 875. The van der Waals surface area contributed by atoms with E-state index >= 15 is 0 Å². The van der Waals surface area contributed by atoms with Crippen molar-refractivity contribution in [1.82, 2.24) is 9.55 Å². The fraction of sp³-hybridized carbons (Fsp3) is 0.381. The number of benzene rings is 2. The molecule has 0 N–H and O–H groups in total. The zero-order valence-corrected chi connectivity index (χ0v) is 15.7. The average molecular weight is 338 g/mol. The van der Waals surface area contributed by atoms with Crippen molar-refractivity contribution in [3.05, 3.63) is 53.9 Å². The van der Waals surface area contributed by atoms with Crippen LogP contribution in [-0.2, 0) is 18.4 Å². The number of rotatable bonds is 5. The molecular formula is C21H26N2O2. The molecule has 0 aliphatic heterocycles. The quantitative estimate of drug-likeness (QED) is 0.682. The summed E-state index contributed by atoms with van der Waals surface area (Å²) in [6, 6.07) is 14.4. The number of hydrogen-bond donors (Lipinski definition) is 0. The Kier molecular flexibility index (Phi) is 4.71. The highest BCUT2D eigenvalue weighted by Gasteiger charge is 2.22. The van der Waals surface area contributed by atoms with Crippen LogP contribution in [0.25, 0.3) is 11.0 Å². The summed E-state index contributed by atoms with van der Waals surface area (Å²) in [5.74, 6) is 2.65. The third-order valence-electron chi connectivity index (χ3n) is 4.40. The Morgan fingerprint density at radius 1 is 0.960 bits per heavy atom. The lowest BCUT2D eigenvalue weighted by atomic mass is 9.95. The van der Waals surface area contributed by atoms with Gasteiger partial charge in [-0.1, -0.05) is 39.0 Å². The minimum atomic E-state index is -0.00336. The van der Waals surface area contributed by atoms with Crippen LogP contribution < -0.4 is 9.47 Å². The molecule has 1 heterocycles. The molecule has 0 aliphatic rings. The predicted molar refractivity (Wildman–Crippen MR) is 102 cm³/mol. The molecule has 0 amide bonds. The van der Waals surface area contributed by atoms with Gasteiger partial charge in [0.05, 0.1) is 25.3 Å². The first-order valence-electron chi connectivity index (χ1n) is 8.60. The summed E-state index contributed by atoms with van der Waals surface area (Å²) in [6.45, 7) is 7.51. The topological polar surface area (TPSA) is 36.3 Å². The van der Waals surface area contributed by atoms with Gasteiger partial charge in [-0.3, -0.25) is 0 Å². The van der Waals surface area contributed by atoms with E-state index in [1.165, 1.54) is 11.1 Å². The highest BCUT2D eigenvalue weighted by Crippen LogP contribution is 2.29. The standard InChI is InChI=1S/C21H26N2O2/c1-21(2,3)20-22-16-8-6-7-9-17(16)23(20)13-12-15-10-11-18(24-4)19(14-15)25-5/h6-11,14H,12-13H2,1-5H3. The van der Waals surface area contributed by atoms with Gasteiger partial charge in [-0.05, 0) is 36.2 Å². The van der Waals surface area contributed by atoms with Crippen LogP contribution in [0.15, 0.2) is 42.5 Å². The van der Waals surface area contributed by atoms with Crippen molar-refractivity contribution < 1.29 is 9.47 Å². The predicted octanol–water partition coefficient (Wildman–Crippen LogP) is 4.59. The van der Waals surface area contributed by atoms with E-state index in [9.17, 15) is 0 Å². The monoisotopic (exact) mass is 338 g/mol. The normalized spacial score (nSPS) is 11.7. The molecule has 0 radical (unpaired) electrons. The van der Waals surface area contributed by atoms with Gasteiger partial charge in [0.15, 0.2) is 11.5 Å².